The zero-order chi connectivity index (χ0) is 19.2. The topological polar surface area (TPSA) is 83.9 Å². The first-order valence-corrected chi connectivity index (χ1v) is 9.80. The molecule has 6 heteroatoms. The first-order valence-electron chi connectivity index (χ1n) is 9.80. The zero-order valence-electron chi connectivity index (χ0n) is 15.5. The number of amides is 2. The van der Waals surface area contributed by atoms with Gasteiger partial charge in [0.2, 0.25) is 5.91 Å². The standard InChI is InChI=1S/C21H27NO5/c23-19(24)13-17(11-15-7-3-1-4-8-15)20(25)22-18(14-27-21(22)26)12-16-9-5-2-6-10-16/h2,5-6,9-10,15,17-18H,1,3-4,7-8,11-14H2,(H,23,24). The molecule has 146 valence electrons. The van der Waals surface area contributed by atoms with Crippen molar-refractivity contribution >= 4 is 18.0 Å². The van der Waals surface area contributed by atoms with E-state index in [-0.39, 0.29) is 19.1 Å². The van der Waals surface area contributed by atoms with Crippen molar-refractivity contribution in [2.75, 3.05) is 6.61 Å². The number of hydrogen-bond donors (Lipinski definition) is 1. The minimum atomic E-state index is -1.00. The summed E-state index contributed by atoms with van der Waals surface area (Å²) in [4.78, 5) is 37.9. The molecule has 0 radical (unpaired) electrons. The van der Waals surface area contributed by atoms with Gasteiger partial charge in [0.05, 0.1) is 12.5 Å². The quantitative estimate of drug-likeness (QED) is 0.789. The van der Waals surface area contributed by atoms with Gasteiger partial charge in [-0.05, 0) is 24.3 Å². The number of aliphatic carboxylic acids is 1. The summed E-state index contributed by atoms with van der Waals surface area (Å²) in [6.45, 7) is 0.155. The molecule has 1 saturated heterocycles. The fraction of sp³-hybridized carbons (Fsp3) is 0.571. The van der Waals surface area contributed by atoms with Crippen LogP contribution in [-0.4, -0.2) is 40.6 Å². The number of hydrogen-bond acceptors (Lipinski definition) is 4. The maximum absolute atomic E-state index is 13.1. The summed E-state index contributed by atoms with van der Waals surface area (Å²) in [6, 6.07) is 9.25. The molecule has 2 atom stereocenters. The van der Waals surface area contributed by atoms with Crippen LogP contribution in [0.15, 0.2) is 30.3 Å². The van der Waals surface area contributed by atoms with Gasteiger partial charge < -0.3 is 9.84 Å². The molecule has 1 aliphatic carbocycles. The van der Waals surface area contributed by atoms with E-state index in [1.54, 1.807) is 0 Å². The predicted molar refractivity (Wildman–Crippen MR) is 99.1 cm³/mol. The van der Waals surface area contributed by atoms with E-state index >= 15 is 0 Å². The Morgan fingerprint density at radius 2 is 1.85 bits per heavy atom. The number of carbonyl (C=O) groups excluding carboxylic acids is 2. The first kappa shape index (κ1) is 19.4. The lowest BCUT2D eigenvalue weighted by Crippen LogP contribution is -2.44. The molecule has 1 N–H and O–H groups in total. The van der Waals surface area contributed by atoms with Crippen molar-refractivity contribution in [1.29, 1.82) is 0 Å². The van der Waals surface area contributed by atoms with Crippen molar-refractivity contribution in [3.63, 3.8) is 0 Å². The van der Waals surface area contributed by atoms with Gasteiger partial charge in [-0.15, -0.1) is 0 Å². The summed E-state index contributed by atoms with van der Waals surface area (Å²) >= 11 is 0. The van der Waals surface area contributed by atoms with Crippen molar-refractivity contribution in [2.24, 2.45) is 11.8 Å². The lowest BCUT2D eigenvalue weighted by Gasteiger charge is -2.28. The third kappa shape index (κ3) is 5.08. The van der Waals surface area contributed by atoms with E-state index in [4.69, 9.17) is 4.74 Å². The Labute approximate surface area is 159 Å². The van der Waals surface area contributed by atoms with Gasteiger partial charge >= 0.3 is 12.1 Å². The highest BCUT2D eigenvalue weighted by Crippen LogP contribution is 2.32. The molecule has 1 heterocycles. The van der Waals surface area contributed by atoms with Crippen molar-refractivity contribution < 1.29 is 24.2 Å². The maximum Gasteiger partial charge on any atom is 0.416 e. The van der Waals surface area contributed by atoms with E-state index in [1.807, 2.05) is 30.3 Å². The molecule has 1 aromatic rings. The first-order chi connectivity index (χ1) is 13.0. The second-order valence-electron chi connectivity index (χ2n) is 7.66. The monoisotopic (exact) mass is 373 g/mol. The number of carboxylic acid groups (broad SMARTS) is 1. The highest BCUT2D eigenvalue weighted by Gasteiger charge is 2.41. The van der Waals surface area contributed by atoms with E-state index in [9.17, 15) is 19.5 Å². The van der Waals surface area contributed by atoms with Crippen molar-refractivity contribution in [3.8, 4) is 0 Å². The van der Waals surface area contributed by atoms with Crippen molar-refractivity contribution in [3.05, 3.63) is 35.9 Å². The number of ether oxygens (including phenoxy) is 1. The Hall–Kier alpha value is -2.37. The molecule has 1 saturated carbocycles. The van der Waals surface area contributed by atoms with E-state index in [0.717, 1.165) is 31.2 Å². The van der Waals surface area contributed by atoms with Crippen molar-refractivity contribution in [1.82, 2.24) is 4.90 Å². The molecular weight excluding hydrogens is 346 g/mol. The highest BCUT2D eigenvalue weighted by atomic mass is 16.6. The molecule has 2 fully saturated rings. The van der Waals surface area contributed by atoms with Gasteiger partial charge in [0.15, 0.2) is 0 Å². The fourth-order valence-corrected chi connectivity index (χ4v) is 4.27. The number of rotatable bonds is 7. The second kappa shape index (κ2) is 9.02. The van der Waals surface area contributed by atoms with Crippen LogP contribution in [0, 0.1) is 11.8 Å². The van der Waals surface area contributed by atoms with Crippen LogP contribution in [0.4, 0.5) is 4.79 Å². The smallest absolute Gasteiger partial charge is 0.416 e. The van der Waals surface area contributed by atoms with E-state index < -0.39 is 23.9 Å². The third-order valence-corrected chi connectivity index (χ3v) is 5.63. The predicted octanol–water partition coefficient (Wildman–Crippen LogP) is 3.64. The Kier molecular flexibility index (Phi) is 6.48. The molecule has 1 aliphatic heterocycles. The van der Waals surface area contributed by atoms with Gasteiger partial charge in [-0.2, -0.15) is 0 Å². The van der Waals surface area contributed by atoms with E-state index in [2.05, 4.69) is 0 Å². The average molecular weight is 373 g/mol. The molecule has 0 aromatic heterocycles. The van der Waals surface area contributed by atoms with Gasteiger partial charge in [-0.1, -0.05) is 62.4 Å². The molecule has 2 unspecified atom stereocenters. The molecule has 2 amide bonds. The van der Waals surface area contributed by atoms with Gasteiger partial charge in [-0.25, -0.2) is 9.69 Å². The summed E-state index contributed by atoms with van der Waals surface area (Å²) < 4.78 is 5.14. The van der Waals surface area contributed by atoms with Gasteiger partial charge in [0, 0.05) is 5.92 Å². The highest BCUT2D eigenvalue weighted by molar-refractivity contribution is 5.96. The van der Waals surface area contributed by atoms with Crippen LogP contribution in [0.5, 0.6) is 0 Å². The van der Waals surface area contributed by atoms with Crippen LogP contribution in [0.2, 0.25) is 0 Å². The minimum Gasteiger partial charge on any atom is -0.481 e. The number of carboxylic acids is 1. The summed E-state index contributed by atoms with van der Waals surface area (Å²) in [5, 5.41) is 9.29. The molecule has 27 heavy (non-hydrogen) atoms. The molecule has 3 rings (SSSR count). The number of nitrogens with zero attached hydrogens (tertiary/aromatic N) is 1. The van der Waals surface area contributed by atoms with Crippen LogP contribution in [0.25, 0.3) is 0 Å². The normalized spacial score (nSPS) is 21.7. The van der Waals surface area contributed by atoms with Crippen molar-refractivity contribution in [2.45, 2.75) is 57.4 Å². The van der Waals surface area contributed by atoms with Crippen LogP contribution in [0.1, 0.15) is 50.5 Å². The van der Waals surface area contributed by atoms with E-state index in [1.165, 1.54) is 11.3 Å². The summed E-state index contributed by atoms with van der Waals surface area (Å²) in [6.07, 6.45) is 5.67. The fourth-order valence-electron chi connectivity index (χ4n) is 4.27. The number of imide groups is 1. The lowest BCUT2D eigenvalue weighted by atomic mass is 9.81. The molecular formula is C21H27NO5. The van der Waals surface area contributed by atoms with Gasteiger partial charge in [0.25, 0.3) is 0 Å². The van der Waals surface area contributed by atoms with Crippen LogP contribution >= 0.6 is 0 Å². The Morgan fingerprint density at radius 3 is 2.52 bits per heavy atom. The Morgan fingerprint density at radius 1 is 1.15 bits per heavy atom. The molecule has 6 nitrogen and oxygen atoms in total. The molecule has 0 bridgehead atoms. The van der Waals surface area contributed by atoms with Crippen LogP contribution < -0.4 is 0 Å². The zero-order valence-corrected chi connectivity index (χ0v) is 15.5. The Balaban J connectivity index is 1.72. The summed E-state index contributed by atoms with van der Waals surface area (Å²) in [7, 11) is 0. The minimum absolute atomic E-state index is 0.155. The lowest BCUT2D eigenvalue weighted by molar-refractivity contribution is -0.144. The molecule has 1 aromatic carbocycles. The largest absolute Gasteiger partial charge is 0.481 e. The maximum atomic E-state index is 13.1. The van der Waals surface area contributed by atoms with Crippen LogP contribution in [0.3, 0.4) is 0 Å². The van der Waals surface area contributed by atoms with Gasteiger partial charge in [0.1, 0.15) is 6.61 Å². The second-order valence-corrected chi connectivity index (χ2v) is 7.66. The van der Waals surface area contributed by atoms with Crippen LogP contribution in [-0.2, 0) is 20.7 Å². The number of benzene rings is 1. The average Bonchev–Trinajstić information content (AvgIpc) is 3.02. The van der Waals surface area contributed by atoms with Gasteiger partial charge in [-0.3, -0.25) is 9.59 Å². The van der Waals surface area contributed by atoms with E-state index in [0.29, 0.717) is 18.8 Å². The Bertz CT molecular complexity index is 668. The summed E-state index contributed by atoms with van der Waals surface area (Å²) in [5.41, 5.74) is 1.01. The number of carbonyl (C=O) groups is 3. The summed E-state index contributed by atoms with van der Waals surface area (Å²) in [5.74, 6) is -1.71. The SMILES string of the molecule is O=C(O)CC(CC1CCCCC1)C(=O)N1C(=O)OCC1Cc1ccccc1. The third-order valence-electron chi connectivity index (χ3n) is 5.63. The number of cyclic esters (lactones) is 1. The molecule has 2 aliphatic rings. The molecule has 0 spiro atoms.